The highest BCUT2D eigenvalue weighted by molar-refractivity contribution is 8.01. The Morgan fingerprint density at radius 1 is 1.17 bits per heavy atom. The van der Waals surface area contributed by atoms with Gasteiger partial charge in [-0.3, -0.25) is 9.59 Å². The Morgan fingerprint density at radius 3 is 2.50 bits per heavy atom. The zero-order valence-corrected chi connectivity index (χ0v) is 16.5. The van der Waals surface area contributed by atoms with E-state index in [9.17, 15) is 27.6 Å². The van der Waals surface area contributed by atoms with Gasteiger partial charge in [0.05, 0.1) is 28.7 Å². The van der Waals surface area contributed by atoms with Gasteiger partial charge in [-0.15, -0.1) is 11.8 Å². The lowest BCUT2D eigenvalue weighted by atomic mass is 10.1. The van der Waals surface area contributed by atoms with Crippen LogP contribution in [0.5, 0.6) is 0 Å². The number of hydrogen-bond acceptors (Lipinski definition) is 5. The average Bonchev–Trinajstić information content (AvgIpc) is 2.68. The zero-order chi connectivity index (χ0) is 21.9. The molecule has 0 radical (unpaired) electrons. The van der Waals surface area contributed by atoms with Crippen LogP contribution in [0.15, 0.2) is 47.4 Å². The third-order valence-electron chi connectivity index (χ3n) is 4.18. The fourth-order valence-corrected chi connectivity index (χ4v) is 3.84. The molecule has 2 amide bonds. The summed E-state index contributed by atoms with van der Waals surface area (Å²) in [5, 5.41) is 4.28. The number of alkyl halides is 3. The molecule has 1 aliphatic heterocycles. The summed E-state index contributed by atoms with van der Waals surface area (Å²) < 4.78 is 43.3. The Labute approximate surface area is 174 Å². The summed E-state index contributed by atoms with van der Waals surface area (Å²) >= 11 is 1.03. The fraction of sp³-hybridized carbons (Fsp3) is 0.250. The smallest absolute Gasteiger partial charge is 0.416 e. The maximum Gasteiger partial charge on any atom is 0.416 e. The molecule has 2 aromatic rings. The van der Waals surface area contributed by atoms with Crippen molar-refractivity contribution in [1.29, 1.82) is 0 Å². The minimum absolute atomic E-state index is 0.0750. The van der Waals surface area contributed by atoms with Crippen molar-refractivity contribution in [3.05, 3.63) is 53.6 Å². The number of carbonyl (C=O) groups excluding carboxylic acids is 3. The molecular formula is C20H17F3N2O4S. The van der Waals surface area contributed by atoms with Crippen LogP contribution in [0, 0.1) is 0 Å². The lowest BCUT2D eigenvalue weighted by molar-refractivity contribution is -0.137. The van der Waals surface area contributed by atoms with Crippen LogP contribution in [-0.2, 0) is 20.5 Å². The molecule has 3 rings (SSSR count). The molecule has 0 aliphatic carbocycles. The molecule has 158 valence electrons. The van der Waals surface area contributed by atoms with Crippen molar-refractivity contribution in [3.63, 3.8) is 0 Å². The van der Waals surface area contributed by atoms with Gasteiger partial charge in [-0.2, -0.15) is 13.2 Å². The molecule has 0 aromatic heterocycles. The van der Waals surface area contributed by atoms with Gasteiger partial charge in [-0.25, -0.2) is 4.79 Å². The van der Waals surface area contributed by atoms with Gasteiger partial charge >= 0.3 is 12.1 Å². The van der Waals surface area contributed by atoms with Crippen LogP contribution in [0.3, 0.4) is 0 Å². The molecule has 30 heavy (non-hydrogen) atoms. The summed E-state index contributed by atoms with van der Waals surface area (Å²) in [4.78, 5) is 36.6. The van der Waals surface area contributed by atoms with Gasteiger partial charge in [-0.05, 0) is 49.4 Å². The largest absolute Gasteiger partial charge is 0.462 e. The second-order valence-electron chi connectivity index (χ2n) is 6.35. The van der Waals surface area contributed by atoms with Gasteiger partial charge in [0.25, 0.3) is 0 Å². The minimum Gasteiger partial charge on any atom is -0.462 e. The highest BCUT2D eigenvalue weighted by Crippen LogP contribution is 2.40. The maximum absolute atomic E-state index is 12.8. The van der Waals surface area contributed by atoms with Crippen molar-refractivity contribution in [2.45, 2.75) is 29.7 Å². The number of benzene rings is 2. The fourth-order valence-electron chi connectivity index (χ4n) is 2.75. The van der Waals surface area contributed by atoms with E-state index >= 15 is 0 Å². The van der Waals surface area contributed by atoms with Crippen LogP contribution in [0.2, 0.25) is 0 Å². The molecular weight excluding hydrogens is 421 g/mol. The summed E-state index contributed by atoms with van der Waals surface area (Å²) in [6.07, 6.45) is -4.68. The number of esters is 1. The van der Waals surface area contributed by atoms with Crippen LogP contribution >= 0.6 is 11.8 Å². The number of ether oxygens (including phenoxy) is 1. The predicted molar refractivity (Wildman–Crippen MR) is 105 cm³/mol. The van der Waals surface area contributed by atoms with Crippen LogP contribution in [0.1, 0.15) is 29.3 Å². The highest BCUT2D eigenvalue weighted by Gasteiger charge is 2.34. The Hall–Kier alpha value is -3.01. The Bertz CT molecular complexity index is 977. The van der Waals surface area contributed by atoms with Crippen LogP contribution in [0.25, 0.3) is 0 Å². The molecule has 2 N–H and O–H groups in total. The van der Waals surface area contributed by atoms with E-state index in [0.717, 1.165) is 23.9 Å². The first-order valence-electron chi connectivity index (χ1n) is 8.93. The number of halogens is 3. The molecule has 0 saturated carbocycles. The van der Waals surface area contributed by atoms with E-state index in [0.29, 0.717) is 16.1 Å². The number of thioether (sulfide) groups is 1. The summed E-state index contributed by atoms with van der Waals surface area (Å²) in [6.45, 7) is 1.94. The number of amides is 2. The van der Waals surface area contributed by atoms with Crippen molar-refractivity contribution in [2.75, 3.05) is 17.2 Å². The van der Waals surface area contributed by atoms with Crippen molar-refractivity contribution < 1.29 is 32.3 Å². The standard InChI is InChI=1S/C20H17F3N2O4S/c1-2-29-19(28)11-3-6-13(7-4-11)24-17(26)10-16-18(27)25-14-9-12(20(21,22)23)5-8-15(14)30-16/h3-9,16H,2,10H2,1H3,(H,24,26)(H,25,27)/t16-/m0/s1. The van der Waals surface area contributed by atoms with Gasteiger partial charge < -0.3 is 15.4 Å². The van der Waals surface area contributed by atoms with E-state index in [1.807, 2.05) is 0 Å². The normalized spacial score (nSPS) is 15.7. The van der Waals surface area contributed by atoms with Gasteiger partial charge in [0.2, 0.25) is 11.8 Å². The first kappa shape index (κ1) is 21.7. The topological polar surface area (TPSA) is 84.5 Å². The monoisotopic (exact) mass is 438 g/mol. The summed E-state index contributed by atoms with van der Waals surface area (Å²) in [6, 6.07) is 9.17. The molecule has 1 atom stereocenters. The van der Waals surface area contributed by atoms with E-state index < -0.39 is 34.8 Å². The van der Waals surface area contributed by atoms with Gasteiger partial charge in [-0.1, -0.05) is 0 Å². The first-order valence-corrected chi connectivity index (χ1v) is 9.81. The van der Waals surface area contributed by atoms with Gasteiger partial charge in [0.15, 0.2) is 0 Å². The second-order valence-corrected chi connectivity index (χ2v) is 7.60. The Balaban J connectivity index is 1.62. The molecule has 2 aromatic carbocycles. The Morgan fingerprint density at radius 2 is 1.87 bits per heavy atom. The Kier molecular flexibility index (Phi) is 6.35. The SMILES string of the molecule is CCOC(=O)c1ccc(NC(=O)C[C@@H]2Sc3ccc(C(F)(F)F)cc3NC2=O)cc1. The summed E-state index contributed by atoms with van der Waals surface area (Å²) in [7, 11) is 0. The first-order chi connectivity index (χ1) is 14.2. The number of anilines is 2. The quantitative estimate of drug-likeness (QED) is 0.679. The summed E-state index contributed by atoms with van der Waals surface area (Å²) in [5.41, 5.74) is -0.00738. The second kappa shape index (κ2) is 8.78. The van der Waals surface area contributed by atoms with E-state index in [4.69, 9.17) is 4.74 Å². The zero-order valence-electron chi connectivity index (χ0n) is 15.7. The lowest BCUT2D eigenvalue weighted by Gasteiger charge is -2.24. The number of hydrogen-bond donors (Lipinski definition) is 2. The number of nitrogens with one attached hydrogen (secondary N) is 2. The van der Waals surface area contributed by atoms with Crippen molar-refractivity contribution in [1.82, 2.24) is 0 Å². The van der Waals surface area contributed by atoms with E-state index in [-0.39, 0.29) is 18.7 Å². The molecule has 1 heterocycles. The maximum atomic E-state index is 12.8. The third kappa shape index (κ3) is 5.12. The van der Waals surface area contributed by atoms with Gasteiger partial charge in [0.1, 0.15) is 0 Å². The minimum atomic E-state index is -4.51. The molecule has 6 nitrogen and oxygen atoms in total. The molecule has 0 fully saturated rings. The van der Waals surface area contributed by atoms with Crippen LogP contribution in [0.4, 0.5) is 24.5 Å². The molecule has 0 bridgehead atoms. The van der Waals surface area contributed by atoms with E-state index in [2.05, 4.69) is 10.6 Å². The predicted octanol–water partition coefficient (Wildman–Crippen LogP) is 4.32. The molecule has 0 spiro atoms. The van der Waals surface area contributed by atoms with E-state index in [1.54, 1.807) is 6.92 Å². The molecule has 0 saturated heterocycles. The van der Waals surface area contributed by atoms with Crippen molar-refractivity contribution in [3.8, 4) is 0 Å². The van der Waals surface area contributed by atoms with Crippen LogP contribution < -0.4 is 10.6 Å². The molecule has 0 unspecified atom stereocenters. The van der Waals surface area contributed by atoms with E-state index in [1.165, 1.54) is 30.3 Å². The number of carbonyl (C=O) groups is 3. The van der Waals surface area contributed by atoms with Crippen LogP contribution in [-0.4, -0.2) is 29.6 Å². The highest BCUT2D eigenvalue weighted by atomic mass is 32.2. The average molecular weight is 438 g/mol. The lowest BCUT2D eigenvalue weighted by Crippen LogP contribution is -2.32. The van der Waals surface area contributed by atoms with Crippen molar-refractivity contribution in [2.24, 2.45) is 0 Å². The third-order valence-corrected chi connectivity index (χ3v) is 5.45. The number of fused-ring (bicyclic) bond motifs is 1. The van der Waals surface area contributed by atoms with Crippen molar-refractivity contribution >= 4 is 40.9 Å². The number of rotatable bonds is 5. The molecule has 1 aliphatic rings. The summed E-state index contributed by atoms with van der Waals surface area (Å²) in [5.74, 6) is -1.46. The molecule has 10 heteroatoms. The van der Waals surface area contributed by atoms with Gasteiger partial charge in [0, 0.05) is 17.0 Å².